The Kier molecular flexibility index (Phi) is 2.74. The van der Waals surface area contributed by atoms with Crippen molar-refractivity contribution in [2.24, 2.45) is 0 Å². The summed E-state index contributed by atoms with van der Waals surface area (Å²) in [5.41, 5.74) is 1.59. The van der Waals surface area contributed by atoms with Crippen molar-refractivity contribution in [2.75, 3.05) is 0 Å². The number of hydrogen-bond donors (Lipinski definition) is 0. The normalized spacial score (nSPS) is 12.2. The molecular formula is C12H20N+. The number of pyridine rings is 1. The van der Waals surface area contributed by atoms with E-state index in [2.05, 4.69) is 63.7 Å². The molecule has 0 atom stereocenters. The Morgan fingerprint density at radius 3 is 1.85 bits per heavy atom. The molecule has 1 aromatic rings. The van der Waals surface area contributed by atoms with Crippen LogP contribution >= 0.6 is 0 Å². The van der Waals surface area contributed by atoms with Gasteiger partial charge in [-0.1, -0.05) is 13.8 Å². The smallest absolute Gasteiger partial charge is 0.169 e. The van der Waals surface area contributed by atoms with Crippen LogP contribution in [-0.4, -0.2) is 0 Å². The lowest BCUT2D eigenvalue weighted by Gasteiger charge is -2.13. The summed E-state index contributed by atoms with van der Waals surface area (Å²) in [6.07, 6.45) is 4.32. The molecular weight excluding hydrogens is 158 g/mol. The summed E-state index contributed by atoms with van der Waals surface area (Å²) in [7, 11) is 0. The third kappa shape index (κ3) is 2.55. The summed E-state index contributed by atoms with van der Waals surface area (Å²) in [6.45, 7) is 11.1. The van der Waals surface area contributed by atoms with Gasteiger partial charge in [0.2, 0.25) is 0 Å². The number of hydrogen-bond acceptors (Lipinski definition) is 0. The maximum absolute atomic E-state index is 2.24. The van der Waals surface area contributed by atoms with Gasteiger partial charge in [-0.15, -0.1) is 0 Å². The molecule has 1 heterocycles. The lowest BCUT2D eigenvalue weighted by molar-refractivity contribution is -0.754. The molecule has 0 aliphatic rings. The van der Waals surface area contributed by atoms with Gasteiger partial charge in [0.15, 0.2) is 17.9 Å². The molecule has 13 heavy (non-hydrogen) atoms. The first-order valence-electron chi connectivity index (χ1n) is 4.93. The lowest BCUT2D eigenvalue weighted by Crippen LogP contribution is -2.49. The monoisotopic (exact) mass is 178 g/mol. The van der Waals surface area contributed by atoms with Crippen molar-refractivity contribution in [1.29, 1.82) is 0 Å². The zero-order valence-electron chi connectivity index (χ0n) is 9.33. The second-order valence-electron chi connectivity index (χ2n) is 4.86. The number of rotatable bonds is 1. The highest BCUT2D eigenvalue weighted by Gasteiger charge is 2.20. The zero-order valence-corrected chi connectivity index (χ0v) is 9.33. The molecule has 0 radical (unpaired) electrons. The quantitative estimate of drug-likeness (QED) is 0.582. The van der Waals surface area contributed by atoms with E-state index < -0.39 is 0 Å². The minimum absolute atomic E-state index is 0.190. The molecule has 0 spiro atoms. The Balaban J connectivity index is 2.94. The Morgan fingerprint density at radius 2 is 1.54 bits per heavy atom. The molecule has 1 heteroatoms. The summed E-state index contributed by atoms with van der Waals surface area (Å²) >= 11 is 0. The summed E-state index contributed by atoms with van der Waals surface area (Å²) in [6, 6.07) is 4.41. The van der Waals surface area contributed by atoms with E-state index in [4.69, 9.17) is 0 Å². The minimum atomic E-state index is 0.190. The van der Waals surface area contributed by atoms with Gasteiger partial charge in [-0.2, -0.15) is 0 Å². The Hall–Kier alpha value is -0.850. The van der Waals surface area contributed by atoms with E-state index in [9.17, 15) is 0 Å². The lowest BCUT2D eigenvalue weighted by atomic mass is 10.0. The van der Waals surface area contributed by atoms with Gasteiger partial charge in [0, 0.05) is 32.9 Å². The molecule has 0 fully saturated rings. The molecule has 0 bridgehead atoms. The van der Waals surface area contributed by atoms with E-state index in [-0.39, 0.29) is 5.54 Å². The van der Waals surface area contributed by atoms with Gasteiger partial charge in [-0.05, 0) is 11.5 Å². The fourth-order valence-electron chi connectivity index (χ4n) is 1.27. The first-order chi connectivity index (χ1) is 5.91. The van der Waals surface area contributed by atoms with Crippen LogP contribution in [0.2, 0.25) is 0 Å². The average Bonchev–Trinajstić information content (AvgIpc) is 2.03. The van der Waals surface area contributed by atoms with Crippen LogP contribution in [0.5, 0.6) is 0 Å². The molecule has 0 N–H and O–H groups in total. The van der Waals surface area contributed by atoms with Crippen molar-refractivity contribution in [3.05, 3.63) is 30.1 Å². The van der Waals surface area contributed by atoms with Gasteiger partial charge >= 0.3 is 0 Å². The molecule has 1 rings (SSSR count). The minimum Gasteiger partial charge on any atom is -0.201 e. The Labute approximate surface area is 81.4 Å². The van der Waals surface area contributed by atoms with Gasteiger partial charge in [0.25, 0.3) is 0 Å². The first-order valence-corrected chi connectivity index (χ1v) is 4.93. The van der Waals surface area contributed by atoms with Crippen molar-refractivity contribution in [2.45, 2.75) is 46.1 Å². The van der Waals surface area contributed by atoms with Crippen molar-refractivity contribution in [3.63, 3.8) is 0 Å². The molecule has 0 amide bonds. The van der Waals surface area contributed by atoms with Crippen molar-refractivity contribution < 1.29 is 4.57 Å². The first kappa shape index (κ1) is 10.2. The number of nitrogens with zero attached hydrogens (tertiary/aromatic N) is 1. The van der Waals surface area contributed by atoms with Gasteiger partial charge in [0.05, 0.1) is 0 Å². The topological polar surface area (TPSA) is 3.88 Å². The summed E-state index contributed by atoms with van der Waals surface area (Å²) in [5, 5.41) is 0. The maximum Gasteiger partial charge on any atom is 0.169 e. The predicted molar refractivity (Wildman–Crippen MR) is 55.7 cm³/mol. The standard InChI is InChI=1S/C12H20N/c1-10(2)11-6-8-13(9-7-11)12(3,4)5/h6-10H,1-5H3/q+1. The highest BCUT2D eigenvalue weighted by Crippen LogP contribution is 2.12. The molecule has 0 saturated heterocycles. The second-order valence-corrected chi connectivity index (χ2v) is 4.86. The van der Waals surface area contributed by atoms with Crippen LogP contribution in [0.25, 0.3) is 0 Å². The molecule has 0 aliphatic heterocycles. The second kappa shape index (κ2) is 3.49. The van der Waals surface area contributed by atoms with E-state index in [1.165, 1.54) is 5.56 Å². The van der Waals surface area contributed by atoms with Crippen molar-refractivity contribution in [3.8, 4) is 0 Å². The van der Waals surface area contributed by atoms with Crippen LogP contribution in [0, 0.1) is 0 Å². The van der Waals surface area contributed by atoms with Crippen LogP contribution in [0.15, 0.2) is 24.5 Å². The van der Waals surface area contributed by atoms with Crippen molar-refractivity contribution in [1.82, 2.24) is 0 Å². The largest absolute Gasteiger partial charge is 0.201 e. The van der Waals surface area contributed by atoms with Gasteiger partial charge in [-0.3, -0.25) is 0 Å². The third-order valence-electron chi connectivity index (χ3n) is 2.30. The molecule has 0 saturated carbocycles. The molecule has 0 aliphatic carbocycles. The maximum atomic E-state index is 2.24. The summed E-state index contributed by atoms with van der Waals surface area (Å²) in [5.74, 6) is 0.620. The molecule has 1 aromatic heterocycles. The predicted octanol–water partition coefficient (Wildman–Crippen LogP) is 2.85. The van der Waals surface area contributed by atoms with E-state index >= 15 is 0 Å². The van der Waals surface area contributed by atoms with E-state index in [1.54, 1.807) is 0 Å². The fraction of sp³-hybridized carbons (Fsp3) is 0.583. The molecule has 0 unspecified atom stereocenters. The van der Waals surface area contributed by atoms with Crippen LogP contribution in [-0.2, 0) is 5.54 Å². The van der Waals surface area contributed by atoms with Crippen LogP contribution in [0.1, 0.15) is 46.1 Å². The van der Waals surface area contributed by atoms with Gasteiger partial charge in [-0.25, -0.2) is 4.57 Å². The van der Waals surface area contributed by atoms with Gasteiger partial charge in [0.1, 0.15) is 0 Å². The molecule has 72 valence electrons. The van der Waals surface area contributed by atoms with E-state index in [0.29, 0.717) is 5.92 Å². The fourth-order valence-corrected chi connectivity index (χ4v) is 1.27. The summed E-state index contributed by atoms with van der Waals surface area (Å²) < 4.78 is 2.24. The Morgan fingerprint density at radius 1 is 1.08 bits per heavy atom. The molecule has 1 nitrogen and oxygen atoms in total. The SMILES string of the molecule is CC(C)c1cc[n+](C(C)(C)C)cc1. The van der Waals surface area contributed by atoms with Crippen LogP contribution in [0.3, 0.4) is 0 Å². The molecule has 0 aromatic carbocycles. The van der Waals surface area contributed by atoms with Crippen molar-refractivity contribution >= 4 is 0 Å². The highest BCUT2D eigenvalue weighted by atomic mass is 15.0. The number of aromatic nitrogens is 1. The van der Waals surface area contributed by atoms with Gasteiger partial charge < -0.3 is 0 Å². The van der Waals surface area contributed by atoms with E-state index in [0.717, 1.165) is 0 Å². The van der Waals surface area contributed by atoms with Crippen LogP contribution in [0.4, 0.5) is 0 Å². The summed E-state index contributed by atoms with van der Waals surface area (Å²) in [4.78, 5) is 0. The highest BCUT2D eigenvalue weighted by molar-refractivity contribution is 5.11. The Bertz CT molecular complexity index is 264. The third-order valence-corrected chi connectivity index (χ3v) is 2.30. The van der Waals surface area contributed by atoms with E-state index in [1.807, 2.05) is 0 Å². The van der Waals surface area contributed by atoms with Crippen LogP contribution < -0.4 is 4.57 Å². The average molecular weight is 178 g/mol. The zero-order chi connectivity index (χ0) is 10.1.